The lowest BCUT2D eigenvalue weighted by atomic mass is 9.70. The van der Waals surface area contributed by atoms with Crippen LogP contribution in [-0.2, 0) is 0 Å². The van der Waals surface area contributed by atoms with Crippen LogP contribution in [0.1, 0.15) is 40.0 Å². The van der Waals surface area contributed by atoms with Crippen LogP contribution in [0.25, 0.3) is 0 Å². The summed E-state index contributed by atoms with van der Waals surface area (Å²) in [5.41, 5.74) is 1.67. The summed E-state index contributed by atoms with van der Waals surface area (Å²) in [6.07, 6.45) is 3.84. The molecule has 2 atom stereocenters. The Morgan fingerprint density at radius 1 is 1.37 bits per heavy atom. The molecule has 0 heterocycles. The number of ether oxygens (including phenoxy) is 1. The summed E-state index contributed by atoms with van der Waals surface area (Å²) in [5, 5.41) is 3.67. The molecule has 1 fully saturated rings. The van der Waals surface area contributed by atoms with Gasteiger partial charge >= 0.3 is 0 Å². The van der Waals surface area contributed by atoms with Gasteiger partial charge in [0.1, 0.15) is 5.75 Å². The van der Waals surface area contributed by atoms with Gasteiger partial charge in [0.25, 0.3) is 0 Å². The van der Waals surface area contributed by atoms with Gasteiger partial charge < -0.3 is 10.1 Å². The number of anilines is 1. The molecule has 1 aromatic rings. The van der Waals surface area contributed by atoms with Gasteiger partial charge in [0, 0.05) is 11.7 Å². The Labute approximate surface area is 125 Å². The van der Waals surface area contributed by atoms with E-state index in [0.29, 0.717) is 17.4 Å². The molecule has 2 unspecified atom stereocenters. The van der Waals surface area contributed by atoms with Crippen LogP contribution in [0.4, 0.5) is 5.69 Å². The molecule has 106 valence electrons. The predicted octanol–water partition coefficient (Wildman–Crippen LogP) is 5.08. The maximum Gasteiger partial charge on any atom is 0.133 e. The van der Waals surface area contributed by atoms with E-state index < -0.39 is 0 Å². The fraction of sp³-hybridized carbons (Fsp3) is 0.625. The molecule has 2 nitrogen and oxygen atoms in total. The smallest absolute Gasteiger partial charge is 0.133 e. The van der Waals surface area contributed by atoms with Gasteiger partial charge in [-0.05, 0) is 64.7 Å². The van der Waals surface area contributed by atoms with Crippen molar-refractivity contribution in [2.75, 3.05) is 12.4 Å². The van der Waals surface area contributed by atoms with Crippen molar-refractivity contribution in [3.63, 3.8) is 0 Å². The Hall–Kier alpha value is -0.700. The summed E-state index contributed by atoms with van der Waals surface area (Å²) < 4.78 is 6.27. The fourth-order valence-electron chi connectivity index (χ4n) is 3.13. The fourth-order valence-corrected chi connectivity index (χ4v) is 3.67. The number of nitrogens with one attached hydrogen (secondary N) is 1. The van der Waals surface area contributed by atoms with Crippen LogP contribution in [0.15, 0.2) is 22.7 Å². The maximum absolute atomic E-state index is 5.26. The van der Waals surface area contributed by atoms with E-state index in [-0.39, 0.29) is 0 Å². The minimum absolute atomic E-state index is 0.498. The lowest BCUT2D eigenvalue weighted by molar-refractivity contribution is 0.177. The third-order valence-corrected chi connectivity index (χ3v) is 4.82. The van der Waals surface area contributed by atoms with Crippen molar-refractivity contribution in [3.8, 4) is 5.75 Å². The second-order valence-electron chi connectivity index (χ2n) is 6.48. The third kappa shape index (κ3) is 3.65. The first kappa shape index (κ1) is 14.7. The van der Waals surface area contributed by atoms with E-state index in [1.165, 1.54) is 24.9 Å². The number of hydrogen-bond donors (Lipinski definition) is 1. The number of halogens is 1. The average molecular weight is 326 g/mol. The highest BCUT2D eigenvalue weighted by atomic mass is 79.9. The van der Waals surface area contributed by atoms with Crippen molar-refractivity contribution in [1.29, 1.82) is 0 Å². The number of methoxy groups -OCH3 is 1. The quantitative estimate of drug-likeness (QED) is 0.836. The Morgan fingerprint density at radius 2 is 2.11 bits per heavy atom. The van der Waals surface area contributed by atoms with E-state index in [2.05, 4.69) is 54.2 Å². The first-order valence-corrected chi connectivity index (χ1v) is 7.81. The van der Waals surface area contributed by atoms with Crippen LogP contribution in [0.3, 0.4) is 0 Å². The SMILES string of the molecule is COc1ccc(NC2CCC(C)(C)CC2C)cc1Br. The van der Waals surface area contributed by atoms with Crippen molar-refractivity contribution >= 4 is 21.6 Å². The van der Waals surface area contributed by atoms with Crippen molar-refractivity contribution in [2.45, 2.75) is 46.1 Å². The summed E-state index contributed by atoms with van der Waals surface area (Å²) in [6.45, 7) is 7.12. The van der Waals surface area contributed by atoms with E-state index in [9.17, 15) is 0 Å². The van der Waals surface area contributed by atoms with E-state index in [0.717, 1.165) is 10.2 Å². The summed E-state index contributed by atoms with van der Waals surface area (Å²) in [7, 11) is 1.69. The summed E-state index contributed by atoms with van der Waals surface area (Å²) in [6, 6.07) is 6.78. The molecule has 1 aliphatic carbocycles. The molecular weight excluding hydrogens is 302 g/mol. The van der Waals surface area contributed by atoms with Gasteiger partial charge in [-0.15, -0.1) is 0 Å². The van der Waals surface area contributed by atoms with Crippen molar-refractivity contribution in [1.82, 2.24) is 0 Å². The second kappa shape index (κ2) is 5.74. The molecule has 0 radical (unpaired) electrons. The van der Waals surface area contributed by atoms with Crippen LogP contribution in [0.2, 0.25) is 0 Å². The first-order valence-electron chi connectivity index (χ1n) is 7.01. The molecule has 0 saturated heterocycles. The minimum atomic E-state index is 0.498. The van der Waals surface area contributed by atoms with Crippen molar-refractivity contribution in [2.24, 2.45) is 11.3 Å². The lowest BCUT2D eigenvalue weighted by Gasteiger charge is -2.40. The van der Waals surface area contributed by atoms with Gasteiger partial charge in [0.15, 0.2) is 0 Å². The van der Waals surface area contributed by atoms with Crippen LogP contribution in [0.5, 0.6) is 5.75 Å². The van der Waals surface area contributed by atoms with Gasteiger partial charge in [-0.3, -0.25) is 0 Å². The number of benzene rings is 1. The van der Waals surface area contributed by atoms with E-state index in [1.807, 2.05) is 6.07 Å². The molecule has 1 aliphatic rings. The minimum Gasteiger partial charge on any atom is -0.496 e. The van der Waals surface area contributed by atoms with Gasteiger partial charge in [0.05, 0.1) is 11.6 Å². The van der Waals surface area contributed by atoms with Gasteiger partial charge in [-0.25, -0.2) is 0 Å². The molecular formula is C16H24BrNO. The Kier molecular flexibility index (Phi) is 4.44. The van der Waals surface area contributed by atoms with E-state index in [1.54, 1.807) is 7.11 Å². The first-order chi connectivity index (χ1) is 8.91. The largest absolute Gasteiger partial charge is 0.496 e. The highest BCUT2D eigenvalue weighted by Crippen LogP contribution is 2.40. The number of hydrogen-bond acceptors (Lipinski definition) is 2. The van der Waals surface area contributed by atoms with Crippen LogP contribution in [0, 0.1) is 11.3 Å². The molecule has 3 heteroatoms. The van der Waals surface area contributed by atoms with E-state index in [4.69, 9.17) is 4.74 Å². The molecule has 0 bridgehead atoms. The molecule has 0 aromatic heterocycles. The van der Waals surface area contributed by atoms with Crippen molar-refractivity contribution in [3.05, 3.63) is 22.7 Å². The maximum atomic E-state index is 5.26. The molecule has 0 amide bonds. The molecule has 1 aromatic carbocycles. The lowest BCUT2D eigenvalue weighted by Crippen LogP contribution is -2.36. The molecule has 1 saturated carbocycles. The number of rotatable bonds is 3. The molecule has 19 heavy (non-hydrogen) atoms. The standard InChI is InChI=1S/C16H24BrNO/c1-11-10-16(2,3)8-7-14(11)18-12-5-6-15(19-4)13(17)9-12/h5-6,9,11,14,18H,7-8,10H2,1-4H3. The molecule has 2 rings (SSSR count). The molecule has 0 aliphatic heterocycles. The zero-order chi connectivity index (χ0) is 14.0. The van der Waals surface area contributed by atoms with Gasteiger partial charge in [-0.1, -0.05) is 20.8 Å². The second-order valence-corrected chi connectivity index (χ2v) is 7.34. The molecule has 1 N–H and O–H groups in total. The van der Waals surface area contributed by atoms with E-state index >= 15 is 0 Å². The Bertz CT molecular complexity index is 444. The third-order valence-electron chi connectivity index (χ3n) is 4.20. The Balaban J connectivity index is 2.03. The van der Waals surface area contributed by atoms with Crippen LogP contribution >= 0.6 is 15.9 Å². The zero-order valence-electron chi connectivity index (χ0n) is 12.3. The summed E-state index contributed by atoms with van der Waals surface area (Å²) >= 11 is 3.54. The normalized spacial score (nSPS) is 25.9. The Morgan fingerprint density at radius 3 is 2.68 bits per heavy atom. The highest BCUT2D eigenvalue weighted by Gasteiger charge is 2.32. The van der Waals surface area contributed by atoms with Crippen LogP contribution < -0.4 is 10.1 Å². The topological polar surface area (TPSA) is 21.3 Å². The highest BCUT2D eigenvalue weighted by molar-refractivity contribution is 9.10. The van der Waals surface area contributed by atoms with Crippen LogP contribution in [-0.4, -0.2) is 13.2 Å². The van der Waals surface area contributed by atoms with Crippen molar-refractivity contribution < 1.29 is 4.74 Å². The average Bonchev–Trinajstić information content (AvgIpc) is 2.32. The zero-order valence-corrected chi connectivity index (χ0v) is 13.9. The summed E-state index contributed by atoms with van der Waals surface area (Å²) in [4.78, 5) is 0. The summed E-state index contributed by atoms with van der Waals surface area (Å²) in [5.74, 6) is 1.59. The van der Waals surface area contributed by atoms with Gasteiger partial charge in [0.2, 0.25) is 0 Å². The predicted molar refractivity (Wildman–Crippen MR) is 84.9 cm³/mol. The monoisotopic (exact) mass is 325 g/mol. The van der Waals surface area contributed by atoms with Gasteiger partial charge in [-0.2, -0.15) is 0 Å². The molecule has 0 spiro atoms.